The van der Waals surface area contributed by atoms with Gasteiger partial charge in [-0.3, -0.25) is 29.1 Å². The Kier molecular flexibility index (Phi) is 6.85. The molecule has 0 radical (unpaired) electrons. The van der Waals surface area contributed by atoms with Gasteiger partial charge in [0.15, 0.2) is 15.6 Å². The molecule has 0 spiro atoms. The summed E-state index contributed by atoms with van der Waals surface area (Å²) in [6, 6.07) is 6.50. The number of carbonyl (C=O) groups is 4. The molecule has 0 bridgehead atoms. The van der Waals surface area contributed by atoms with E-state index in [-0.39, 0.29) is 29.2 Å². The Balaban J connectivity index is 1.47. The highest BCUT2D eigenvalue weighted by Crippen LogP contribution is 2.66. The van der Waals surface area contributed by atoms with E-state index in [0.717, 1.165) is 16.0 Å². The number of pyridine rings is 1. The molecule has 3 fully saturated rings. The summed E-state index contributed by atoms with van der Waals surface area (Å²) in [5.74, 6) is -7.81. The summed E-state index contributed by atoms with van der Waals surface area (Å²) in [6.45, 7) is 1.65. The number of aryl methyl sites for hydroxylation is 1. The summed E-state index contributed by atoms with van der Waals surface area (Å²) < 4.78 is 40.3. The lowest BCUT2D eigenvalue weighted by molar-refractivity contribution is -0.141. The monoisotopic (exact) mass is 670 g/mol. The quantitative estimate of drug-likeness (QED) is 0.283. The number of benzene rings is 1. The van der Waals surface area contributed by atoms with Crippen molar-refractivity contribution in [3.8, 4) is 5.75 Å². The van der Waals surface area contributed by atoms with Gasteiger partial charge < -0.3 is 5.11 Å². The van der Waals surface area contributed by atoms with Gasteiger partial charge in [0.25, 0.3) is 23.6 Å². The second-order valence-electron chi connectivity index (χ2n) is 11.5. The maximum Gasteiger partial charge on any atom is 0.433 e. The number of imide groups is 2. The first kappa shape index (κ1) is 30.7. The number of nitrogens with zero attached hydrogens (tertiary/aromatic N) is 4. The lowest BCUT2D eigenvalue weighted by Gasteiger charge is -2.50. The van der Waals surface area contributed by atoms with Crippen molar-refractivity contribution >= 4 is 64.2 Å². The minimum absolute atomic E-state index is 0.0124. The van der Waals surface area contributed by atoms with Gasteiger partial charge in [-0.2, -0.15) is 18.2 Å². The normalized spacial score (nSPS) is 31.6. The fraction of sp³-hybridized carbons (Fsp3) is 0.414. The summed E-state index contributed by atoms with van der Waals surface area (Å²) in [4.78, 5) is 55.3. The van der Waals surface area contributed by atoms with Crippen LogP contribution in [0.5, 0.6) is 5.75 Å². The number of halogens is 6. The van der Waals surface area contributed by atoms with Crippen molar-refractivity contribution in [2.75, 3.05) is 19.1 Å². The Labute approximate surface area is 264 Å². The molecule has 44 heavy (non-hydrogen) atoms. The molecule has 1 N–H and O–H groups in total. The third-order valence-corrected chi connectivity index (χ3v) is 11.0. The molecule has 1 saturated carbocycles. The molecule has 3 heterocycles. The molecule has 2 aromatic rings. The van der Waals surface area contributed by atoms with Crippen LogP contribution in [0.25, 0.3) is 0 Å². The molecule has 2 aliphatic carbocycles. The second-order valence-corrected chi connectivity index (χ2v) is 13.2. The number of fused-ring (bicyclic) bond motifs is 4. The number of anilines is 1. The molecule has 2 saturated heterocycles. The smallest absolute Gasteiger partial charge is 0.433 e. The molecule has 9 nitrogen and oxygen atoms in total. The zero-order valence-corrected chi connectivity index (χ0v) is 25.6. The van der Waals surface area contributed by atoms with Crippen LogP contribution in [0.15, 0.2) is 42.0 Å². The van der Waals surface area contributed by atoms with Crippen LogP contribution in [0.1, 0.15) is 35.6 Å². The number of alkyl halides is 5. The predicted molar refractivity (Wildman–Crippen MR) is 153 cm³/mol. The van der Waals surface area contributed by atoms with Crippen molar-refractivity contribution in [1.29, 1.82) is 0 Å². The summed E-state index contributed by atoms with van der Waals surface area (Å²) in [6.07, 6.45) is -3.41. The number of amides is 4. The highest BCUT2D eigenvalue weighted by Gasteiger charge is 2.76. The molecule has 15 heteroatoms. The number of likely N-dealkylation sites (tertiary alicyclic amines) is 1. The van der Waals surface area contributed by atoms with E-state index in [1.807, 2.05) is 0 Å². The third kappa shape index (κ3) is 3.89. The molecular weight excluding hydrogens is 648 g/mol. The first-order valence-electron chi connectivity index (χ1n) is 13.5. The van der Waals surface area contributed by atoms with E-state index >= 15 is 0 Å². The van der Waals surface area contributed by atoms with Crippen LogP contribution in [-0.2, 0) is 25.4 Å². The van der Waals surface area contributed by atoms with Crippen LogP contribution in [0.3, 0.4) is 0 Å². The van der Waals surface area contributed by atoms with Crippen molar-refractivity contribution < 1.29 is 37.5 Å². The van der Waals surface area contributed by atoms with Gasteiger partial charge in [0.1, 0.15) is 11.4 Å². The molecule has 6 unspecified atom stereocenters. The van der Waals surface area contributed by atoms with Gasteiger partial charge in [-0.05, 0) is 43.4 Å². The van der Waals surface area contributed by atoms with Crippen LogP contribution in [-0.4, -0.2) is 67.5 Å². The second kappa shape index (κ2) is 9.82. The average Bonchev–Trinajstić information content (AvgIpc) is 3.29. The van der Waals surface area contributed by atoms with Gasteiger partial charge in [0, 0.05) is 25.6 Å². The van der Waals surface area contributed by atoms with Gasteiger partial charge in [-0.1, -0.05) is 41.4 Å². The van der Waals surface area contributed by atoms with Gasteiger partial charge in [0.05, 0.1) is 16.9 Å². The molecule has 6 rings (SSSR count). The number of hydrazine groups is 1. The molecule has 6 atom stereocenters. The van der Waals surface area contributed by atoms with Crippen LogP contribution in [0.4, 0.5) is 19.0 Å². The van der Waals surface area contributed by atoms with E-state index in [4.69, 9.17) is 34.8 Å². The number of hydrogen-bond acceptors (Lipinski definition) is 7. The number of allylic oxidation sites excluding steroid dienone is 2. The van der Waals surface area contributed by atoms with Crippen molar-refractivity contribution in [2.24, 2.45) is 17.8 Å². The fourth-order valence-corrected chi connectivity index (χ4v) is 8.43. The zero-order valence-electron chi connectivity index (χ0n) is 23.3. The van der Waals surface area contributed by atoms with Gasteiger partial charge in [-0.15, -0.1) is 23.2 Å². The molecule has 4 amide bonds. The van der Waals surface area contributed by atoms with Gasteiger partial charge >= 0.3 is 6.18 Å². The Morgan fingerprint density at radius 3 is 2.39 bits per heavy atom. The maximum absolute atomic E-state index is 14.1. The topological polar surface area (TPSA) is 111 Å². The van der Waals surface area contributed by atoms with Crippen LogP contribution < -0.4 is 5.01 Å². The number of aromatic nitrogens is 1. The number of aromatic hydroxyl groups is 1. The van der Waals surface area contributed by atoms with E-state index in [1.165, 1.54) is 14.1 Å². The average molecular weight is 672 g/mol. The maximum atomic E-state index is 14.1. The minimum Gasteiger partial charge on any atom is -0.507 e. The summed E-state index contributed by atoms with van der Waals surface area (Å²) in [5.41, 5.74) is -0.124. The van der Waals surface area contributed by atoms with Gasteiger partial charge in [0.2, 0.25) is 0 Å². The Morgan fingerprint density at radius 1 is 1.05 bits per heavy atom. The highest BCUT2D eigenvalue weighted by molar-refractivity contribution is 6.53. The van der Waals surface area contributed by atoms with Crippen LogP contribution in [0, 0.1) is 24.7 Å². The highest BCUT2D eigenvalue weighted by atomic mass is 35.5. The fourth-order valence-electron chi connectivity index (χ4n) is 7.19. The van der Waals surface area contributed by atoms with Crippen LogP contribution >= 0.6 is 34.8 Å². The SMILES string of the molecule is Cc1cccc(C2C3=CCC4C(=O)N(N(C)c5nc(C(F)(F)F)ccc5Cl)C(=O)C4C3CC3(Cl)C(=O)N(C)C(=O)C23Cl)c1O. The molecule has 4 aliphatic rings. The number of phenols is 1. The van der Waals surface area contributed by atoms with Crippen molar-refractivity contribution in [1.82, 2.24) is 14.9 Å². The van der Waals surface area contributed by atoms with E-state index in [1.54, 1.807) is 31.2 Å². The Morgan fingerprint density at radius 2 is 1.73 bits per heavy atom. The zero-order chi connectivity index (χ0) is 32.3. The van der Waals surface area contributed by atoms with Crippen molar-refractivity contribution in [3.63, 3.8) is 0 Å². The number of para-hydroxylation sites is 1. The molecule has 232 valence electrons. The van der Waals surface area contributed by atoms with Crippen molar-refractivity contribution in [2.45, 2.75) is 41.6 Å². The third-order valence-electron chi connectivity index (χ3n) is 9.30. The lowest BCUT2D eigenvalue weighted by Crippen LogP contribution is -2.60. The molecular formula is C29H24Cl3F3N4O5. The van der Waals surface area contributed by atoms with Gasteiger partial charge in [-0.25, -0.2) is 4.98 Å². The van der Waals surface area contributed by atoms with Crippen molar-refractivity contribution in [3.05, 3.63) is 63.8 Å². The first-order chi connectivity index (χ1) is 20.5. The van der Waals surface area contributed by atoms with E-state index in [2.05, 4.69) is 4.98 Å². The summed E-state index contributed by atoms with van der Waals surface area (Å²) in [7, 11) is 2.45. The number of hydrogen-bond donors (Lipinski definition) is 1. The molecule has 1 aromatic heterocycles. The minimum atomic E-state index is -4.81. The Hall–Kier alpha value is -3.35. The lowest BCUT2D eigenvalue weighted by atomic mass is 9.56. The Bertz CT molecular complexity index is 1700. The molecule has 1 aromatic carbocycles. The molecule has 2 aliphatic heterocycles. The first-order valence-corrected chi connectivity index (χ1v) is 14.6. The largest absolute Gasteiger partial charge is 0.507 e. The standard InChI is InChI=1S/C29H24Cl3F3N4O5/c1-12-5-4-6-15(21(12)40)20-13-7-8-14-19(16(13)11-27(31)25(43)37(2)26(44)28(20,27)32)24(42)39(23(14)41)38(3)22-17(30)9-10-18(36-22)29(33,34)35/h4-7,9-10,14,16,19-20,40H,8,11H2,1-3H3. The number of phenolic OH excluding ortho intramolecular Hbond substituents is 1. The predicted octanol–water partition coefficient (Wildman–Crippen LogP) is 4.81. The van der Waals surface area contributed by atoms with Crippen LogP contribution in [0.2, 0.25) is 5.02 Å². The van der Waals surface area contributed by atoms with E-state index < -0.39 is 74.7 Å². The number of rotatable bonds is 3. The van der Waals surface area contributed by atoms with E-state index in [9.17, 15) is 37.5 Å². The van der Waals surface area contributed by atoms with E-state index in [0.29, 0.717) is 22.2 Å². The summed E-state index contributed by atoms with van der Waals surface area (Å²) in [5, 5.41) is 12.5. The number of carbonyl (C=O) groups excluding carboxylic acids is 4. The summed E-state index contributed by atoms with van der Waals surface area (Å²) >= 11 is 20.4.